The monoisotopic (exact) mass is 220 g/mol. The predicted octanol–water partition coefficient (Wildman–Crippen LogP) is 1.21. The number of aromatic nitrogens is 2. The number of nitrogens with two attached hydrogens (primary N) is 1. The van der Waals surface area contributed by atoms with Gasteiger partial charge in [-0.15, -0.1) is 0 Å². The van der Waals surface area contributed by atoms with Crippen LogP contribution in [-0.2, 0) is 6.42 Å². The lowest BCUT2D eigenvalue weighted by Gasteiger charge is -2.31. The van der Waals surface area contributed by atoms with Gasteiger partial charge in [-0.05, 0) is 25.3 Å². The molecule has 0 bridgehead atoms. The first kappa shape index (κ1) is 11.3. The highest BCUT2D eigenvalue weighted by Crippen LogP contribution is 2.21. The molecule has 4 heteroatoms. The Labute approximate surface area is 96.9 Å². The quantitative estimate of drug-likeness (QED) is 0.832. The first-order chi connectivity index (χ1) is 7.79. The Morgan fingerprint density at radius 3 is 2.81 bits per heavy atom. The third-order valence-electron chi connectivity index (χ3n) is 3.22. The molecule has 0 aromatic carbocycles. The van der Waals surface area contributed by atoms with Gasteiger partial charge < -0.3 is 10.6 Å². The normalized spacial score (nSPS) is 17.8. The Morgan fingerprint density at radius 1 is 1.38 bits per heavy atom. The van der Waals surface area contributed by atoms with E-state index in [1.165, 1.54) is 12.8 Å². The second kappa shape index (κ2) is 5.25. The van der Waals surface area contributed by atoms with Crippen LogP contribution in [0.3, 0.4) is 0 Å². The van der Waals surface area contributed by atoms with E-state index in [1.54, 1.807) is 6.33 Å². The second-order valence-electron chi connectivity index (χ2n) is 4.58. The summed E-state index contributed by atoms with van der Waals surface area (Å²) in [4.78, 5) is 10.9. The van der Waals surface area contributed by atoms with E-state index in [-0.39, 0.29) is 0 Å². The van der Waals surface area contributed by atoms with Crippen LogP contribution in [0.1, 0.15) is 25.5 Å². The van der Waals surface area contributed by atoms with Gasteiger partial charge in [-0.2, -0.15) is 0 Å². The fourth-order valence-electron chi connectivity index (χ4n) is 2.08. The highest BCUT2D eigenvalue weighted by Gasteiger charge is 2.16. The van der Waals surface area contributed by atoms with Crippen molar-refractivity contribution in [2.45, 2.75) is 26.2 Å². The molecule has 4 nitrogen and oxygen atoms in total. The smallest absolute Gasteiger partial charge is 0.132 e. The van der Waals surface area contributed by atoms with Gasteiger partial charge in [0.1, 0.15) is 12.1 Å². The van der Waals surface area contributed by atoms with Gasteiger partial charge in [-0.1, -0.05) is 6.92 Å². The molecular formula is C12H20N4. The van der Waals surface area contributed by atoms with Crippen molar-refractivity contribution < 1.29 is 0 Å². The first-order valence-corrected chi connectivity index (χ1v) is 6.05. The van der Waals surface area contributed by atoms with Crippen LogP contribution in [-0.4, -0.2) is 29.6 Å². The molecule has 0 saturated carbocycles. The predicted molar refractivity (Wildman–Crippen MR) is 65.4 cm³/mol. The van der Waals surface area contributed by atoms with E-state index >= 15 is 0 Å². The Kier molecular flexibility index (Phi) is 3.72. The van der Waals surface area contributed by atoms with Gasteiger partial charge in [-0.3, -0.25) is 0 Å². The van der Waals surface area contributed by atoms with Gasteiger partial charge in [0.05, 0.1) is 0 Å². The standard InChI is InChI=1S/C12H20N4/c1-10-3-6-16(7-4-10)12-8-11(2-5-13)14-9-15-12/h8-10H,2-7,13H2,1H3. The van der Waals surface area contributed by atoms with Gasteiger partial charge >= 0.3 is 0 Å². The summed E-state index contributed by atoms with van der Waals surface area (Å²) >= 11 is 0. The van der Waals surface area contributed by atoms with Crippen molar-refractivity contribution >= 4 is 5.82 Å². The van der Waals surface area contributed by atoms with E-state index in [4.69, 9.17) is 5.73 Å². The number of hydrogen-bond acceptors (Lipinski definition) is 4. The zero-order valence-electron chi connectivity index (χ0n) is 9.89. The fourth-order valence-corrected chi connectivity index (χ4v) is 2.08. The molecule has 1 aliphatic heterocycles. The summed E-state index contributed by atoms with van der Waals surface area (Å²) < 4.78 is 0. The van der Waals surface area contributed by atoms with Crippen LogP contribution in [0, 0.1) is 5.92 Å². The molecule has 0 aliphatic carbocycles. The highest BCUT2D eigenvalue weighted by atomic mass is 15.2. The molecule has 2 rings (SSSR count). The molecule has 16 heavy (non-hydrogen) atoms. The summed E-state index contributed by atoms with van der Waals surface area (Å²) in [5, 5.41) is 0. The van der Waals surface area contributed by atoms with Crippen LogP contribution in [0.4, 0.5) is 5.82 Å². The molecule has 88 valence electrons. The van der Waals surface area contributed by atoms with Crippen molar-refractivity contribution in [1.82, 2.24) is 9.97 Å². The third-order valence-corrected chi connectivity index (χ3v) is 3.22. The number of piperidine rings is 1. The number of anilines is 1. The van der Waals surface area contributed by atoms with E-state index in [0.29, 0.717) is 6.54 Å². The summed E-state index contributed by atoms with van der Waals surface area (Å²) in [6.07, 6.45) is 5.00. The molecule has 1 fully saturated rings. The highest BCUT2D eigenvalue weighted by molar-refractivity contribution is 5.39. The zero-order chi connectivity index (χ0) is 11.4. The molecule has 1 aliphatic rings. The molecule has 0 unspecified atom stereocenters. The molecule has 1 saturated heterocycles. The van der Waals surface area contributed by atoms with Gasteiger partial charge in [0.25, 0.3) is 0 Å². The molecule has 0 radical (unpaired) electrons. The van der Waals surface area contributed by atoms with Crippen LogP contribution < -0.4 is 10.6 Å². The van der Waals surface area contributed by atoms with Gasteiger partial charge in [0, 0.05) is 31.3 Å². The van der Waals surface area contributed by atoms with E-state index in [1.807, 2.05) is 0 Å². The summed E-state index contributed by atoms with van der Waals surface area (Å²) in [6, 6.07) is 2.07. The molecule has 0 spiro atoms. The zero-order valence-corrected chi connectivity index (χ0v) is 9.89. The largest absolute Gasteiger partial charge is 0.356 e. The minimum atomic E-state index is 0.646. The average Bonchev–Trinajstić information content (AvgIpc) is 2.31. The topological polar surface area (TPSA) is 55.0 Å². The van der Waals surface area contributed by atoms with Crippen LogP contribution in [0.25, 0.3) is 0 Å². The van der Waals surface area contributed by atoms with Crippen molar-refractivity contribution in [3.63, 3.8) is 0 Å². The van der Waals surface area contributed by atoms with Crippen LogP contribution in [0.2, 0.25) is 0 Å². The summed E-state index contributed by atoms with van der Waals surface area (Å²) in [7, 11) is 0. The van der Waals surface area contributed by atoms with Crippen molar-refractivity contribution in [3.05, 3.63) is 18.1 Å². The number of hydrogen-bond donors (Lipinski definition) is 1. The minimum Gasteiger partial charge on any atom is -0.356 e. The van der Waals surface area contributed by atoms with Crippen molar-refractivity contribution in [3.8, 4) is 0 Å². The van der Waals surface area contributed by atoms with E-state index < -0.39 is 0 Å². The van der Waals surface area contributed by atoms with Gasteiger partial charge in [-0.25, -0.2) is 9.97 Å². The van der Waals surface area contributed by atoms with Crippen LogP contribution in [0.15, 0.2) is 12.4 Å². The maximum atomic E-state index is 5.53. The maximum absolute atomic E-state index is 5.53. The fraction of sp³-hybridized carbons (Fsp3) is 0.667. The second-order valence-corrected chi connectivity index (χ2v) is 4.58. The van der Waals surface area contributed by atoms with E-state index in [9.17, 15) is 0 Å². The van der Waals surface area contributed by atoms with Crippen molar-refractivity contribution in [1.29, 1.82) is 0 Å². The molecular weight excluding hydrogens is 200 g/mol. The van der Waals surface area contributed by atoms with Crippen LogP contribution in [0.5, 0.6) is 0 Å². The Balaban J connectivity index is 2.05. The molecule has 1 aromatic rings. The Bertz CT molecular complexity index is 332. The molecule has 1 aromatic heterocycles. The average molecular weight is 220 g/mol. The number of rotatable bonds is 3. The Morgan fingerprint density at radius 2 is 2.12 bits per heavy atom. The lowest BCUT2D eigenvalue weighted by Crippen LogP contribution is -2.33. The summed E-state index contributed by atoms with van der Waals surface area (Å²) in [6.45, 7) is 5.19. The van der Waals surface area contributed by atoms with Crippen molar-refractivity contribution in [2.75, 3.05) is 24.5 Å². The summed E-state index contributed by atoms with van der Waals surface area (Å²) in [5.41, 5.74) is 6.58. The molecule has 0 amide bonds. The summed E-state index contributed by atoms with van der Waals surface area (Å²) in [5.74, 6) is 1.91. The van der Waals surface area contributed by atoms with Gasteiger partial charge in [0.15, 0.2) is 0 Å². The SMILES string of the molecule is CC1CCN(c2cc(CCN)ncn2)CC1. The maximum Gasteiger partial charge on any atom is 0.132 e. The number of nitrogens with zero attached hydrogens (tertiary/aromatic N) is 3. The lowest BCUT2D eigenvalue weighted by molar-refractivity contribution is 0.436. The van der Waals surface area contributed by atoms with Crippen molar-refractivity contribution in [2.24, 2.45) is 11.7 Å². The lowest BCUT2D eigenvalue weighted by atomic mass is 9.99. The molecule has 0 atom stereocenters. The first-order valence-electron chi connectivity index (χ1n) is 6.05. The van der Waals surface area contributed by atoms with Crippen LogP contribution >= 0.6 is 0 Å². The van der Waals surface area contributed by atoms with E-state index in [2.05, 4.69) is 27.9 Å². The van der Waals surface area contributed by atoms with Gasteiger partial charge in [0.2, 0.25) is 0 Å². The third kappa shape index (κ3) is 2.70. The molecule has 2 heterocycles. The minimum absolute atomic E-state index is 0.646. The van der Waals surface area contributed by atoms with E-state index in [0.717, 1.165) is 36.9 Å². The Hall–Kier alpha value is -1.16. The molecule has 2 N–H and O–H groups in total.